The van der Waals surface area contributed by atoms with Gasteiger partial charge in [-0.05, 0) is 29.5 Å². The molecule has 1 aromatic carbocycles. The van der Waals surface area contributed by atoms with Crippen LogP contribution in [0.15, 0.2) is 18.2 Å². The standard InChI is InChI=1S/C12H14ClF3/c1-11(2,3)7-8-4-5-9(6-10(8)13)12(14,15)16/h4-6H,7H2,1-3H3. The molecule has 90 valence electrons. The predicted octanol–water partition coefficient (Wildman–Crippen LogP) is 4.95. The summed E-state index contributed by atoms with van der Waals surface area (Å²) in [6.07, 6.45) is -3.67. The Bertz CT molecular complexity index is 375. The van der Waals surface area contributed by atoms with Gasteiger partial charge in [0, 0.05) is 5.02 Å². The molecule has 0 aliphatic rings. The van der Waals surface area contributed by atoms with Gasteiger partial charge in [0.1, 0.15) is 0 Å². The number of hydrogen-bond acceptors (Lipinski definition) is 0. The Kier molecular flexibility index (Phi) is 3.58. The van der Waals surface area contributed by atoms with E-state index in [2.05, 4.69) is 0 Å². The van der Waals surface area contributed by atoms with Gasteiger partial charge in [-0.25, -0.2) is 0 Å². The van der Waals surface area contributed by atoms with Crippen molar-refractivity contribution in [3.05, 3.63) is 34.3 Å². The van der Waals surface area contributed by atoms with E-state index >= 15 is 0 Å². The van der Waals surface area contributed by atoms with Crippen LogP contribution in [0.3, 0.4) is 0 Å². The molecular formula is C12H14ClF3. The minimum Gasteiger partial charge on any atom is -0.166 e. The van der Waals surface area contributed by atoms with Crippen molar-refractivity contribution in [1.82, 2.24) is 0 Å². The van der Waals surface area contributed by atoms with Crippen molar-refractivity contribution < 1.29 is 13.2 Å². The molecule has 0 N–H and O–H groups in total. The highest BCUT2D eigenvalue weighted by Crippen LogP contribution is 2.33. The summed E-state index contributed by atoms with van der Waals surface area (Å²) in [5, 5.41) is 0.185. The maximum absolute atomic E-state index is 12.4. The summed E-state index contributed by atoms with van der Waals surface area (Å²) in [4.78, 5) is 0. The lowest BCUT2D eigenvalue weighted by Gasteiger charge is -2.19. The third-order valence-electron chi connectivity index (χ3n) is 2.10. The molecule has 0 saturated carbocycles. The highest BCUT2D eigenvalue weighted by Gasteiger charge is 2.31. The van der Waals surface area contributed by atoms with Gasteiger partial charge in [0.15, 0.2) is 0 Å². The van der Waals surface area contributed by atoms with Crippen LogP contribution in [0.5, 0.6) is 0 Å². The molecule has 0 aromatic heterocycles. The van der Waals surface area contributed by atoms with Crippen molar-refractivity contribution in [3.63, 3.8) is 0 Å². The molecular weight excluding hydrogens is 237 g/mol. The van der Waals surface area contributed by atoms with Crippen LogP contribution < -0.4 is 0 Å². The zero-order valence-corrected chi connectivity index (χ0v) is 10.2. The summed E-state index contributed by atoms with van der Waals surface area (Å²) in [5.41, 5.74) is 0.0564. The van der Waals surface area contributed by atoms with E-state index in [0.717, 1.165) is 17.7 Å². The van der Waals surface area contributed by atoms with E-state index in [1.54, 1.807) is 0 Å². The van der Waals surface area contributed by atoms with Crippen molar-refractivity contribution in [1.29, 1.82) is 0 Å². The molecule has 0 aliphatic carbocycles. The molecule has 16 heavy (non-hydrogen) atoms. The quantitative estimate of drug-likeness (QED) is 0.662. The second kappa shape index (κ2) is 4.28. The number of rotatable bonds is 1. The largest absolute Gasteiger partial charge is 0.416 e. The Hall–Kier alpha value is -0.700. The molecule has 0 aliphatic heterocycles. The van der Waals surface area contributed by atoms with Crippen LogP contribution in [0.25, 0.3) is 0 Å². The SMILES string of the molecule is CC(C)(C)Cc1ccc(C(F)(F)F)cc1Cl. The van der Waals surface area contributed by atoms with Crippen LogP contribution in [0, 0.1) is 5.41 Å². The van der Waals surface area contributed by atoms with Crippen molar-refractivity contribution in [3.8, 4) is 0 Å². The molecule has 1 aromatic rings. The van der Waals surface area contributed by atoms with Gasteiger partial charge in [-0.15, -0.1) is 0 Å². The first kappa shape index (κ1) is 13.4. The zero-order valence-electron chi connectivity index (χ0n) is 9.45. The molecule has 0 nitrogen and oxygen atoms in total. The van der Waals surface area contributed by atoms with E-state index in [1.807, 2.05) is 20.8 Å². The van der Waals surface area contributed by atoms with Crippen LogP contribution in [0.1, 0.15) is 31.9 Å². The average Bonchev–Trinajstić information content (AvgIpc) is 2.04. The Labute approximate surface area is 98.4 Å². The van der Waals surface area contributed by atoms with Gasteiger partial charge in [-0.3, -0.25) is 0 Å². The van der Waals surface area contributed by atoms with Gasteiger partial charge in [0.25, 0.3) is 0 Å². The molecule has 0 amide bonds. The van der Waals surface area contributed by atoms with Crippen LogP contribution in [0.2, 0.25) is 5.02 Å². The molecule has 1 rings (SSSR count). The third-order valence-corrected chi connectivity index (χ3v) is 2.45. The first-order chi connectivity index (χ1) is 7.09. The van der Waals surface area contributed by atoms with Gasteiger partial charge < -0.3 is 0 Å². The predicted molar refractivity (Wildman–Crippen MR) is 59.6 cm³/mol. The lowest BCUT2D eigenvalue weighted by molar-refractivity contribution is -0.137. The van der Waals surface area contributed by atoms with E-state index in [0.29, 0.717) is 6.42 Å². The Morgan fingerprint density at radius 1 is 1.12 bits per heavy atom. The summed E-state index contributed by atoms with van der Waals surface area (Å²) in [6, 6.07) is 3.52. The molecule has 0 radical (unpaired) electrons. The Morgan fingerprint density at radius 3 is 2.06 bits per heavy atom. The molecule has 0 unspecified atom stereocenters. The third kappa shape index (κ3) is 3.71. The van der Waals surface area contributed by atoms with Crippen molar-refractivity contribution in [2.45, 2.75) is 33.4 Å². The fraction of sp³-hybridized carbons (Fsp3) is 0.500. The summed E-state index contributed by atoms with van der Waals surface area (Å²) >= 11 is 5.84. The Morgan fingerprint density at radius 2 is 1.69 bits per heavy atom. The topological polar surface area (TPSA) is 0 Å². The highest BCUT2D eigenvalue weighted by molar-refractivity contribution is 6.31. The lowest BCUT2D eigenvalue weighted by Crippen LogP contribution is -2.11. The summed E-state index contributed by atoms with van der Waals surface area (Å²) in [5.74, 6) is 0. The monoisotopic (exact) mass is 250 g/mol. The smallest absolute Gasteiger partial charge is 0.166 e. The fourth-order valence-electron chi connectivity index (χ4n) is 1.44. The number of hydrogen-bond donors (Lipinski definition) is 0. The summed E-state index contributed by atoms with van der Waals surface area (Å²) < 4.78 is 37.1. The maximum Gasteiger partial charge on any atom is 0.416 e. The summed E-state index contributed by atoms with van der Waals surface area (Å²) in [7, 11) is 0. The molecule has 0 saturated heterocycles. The van der Waals surface area contributed by atoms with Crippen molar-refractivity contribution >= 4 is 11.6 Å². The van der Waals surface area contributed by atoms with Crippen LogP contribution in [-0.2, 0) is 12.6 Å². The van der Waals surface area contributed by atoms with E-state index in [-0.39, 0.29) is 10.4 Å². The van der Waals surface area contributed by atoms with Crippen molar-refractivity contribution in [2.24, 2.45) is 5.41 Å². The fourth-order valence-corrected chi connectivity index (χ4v) is 1.69. The molecule has 0 heterocycles. The van der Waals surface area contributed by atoms with Gasteiger partial charge in [0.2, 0.25) is 0 Å². The minimum atomic E-state index is -4.33. The van der Waals surface area contributed by atoms with Gasteiger partial charge in [-0.2, -0.15) is 13.2 Å². The molecule has 0 fully saturated rings. The molecule has 0 bridgehead atoms. The number of halogens is 4. The molecule has 0 atom stereocenters. The normalized spacial score (nSPS) is 12.9. The molecule has 4 heteroatoms. The van der Waals surface area contributed by atoms with Gasteiger partial charge in [-0.1, -0.05) is 38.4 Å². The summed E-state index contributed by atoms with van der Waals surface area (Å²) in [6.45, 7) is 6.04. The van der Waals surface area contributed by atoms with Crippen LogP contribution >= 0.6 is 11.6 Å². The van der Waals surface area contributed by atoms with Gasteiger partial charge in [0.05, 0.1) is 5.56 Å². The highest BCUT2D eigenvalue weighted by atomic mass is 35.5. The zero-order chi connectivity index (χ0) is 12.6. The Balaban J connectivity index is 3.01. The number of alkyl halides is 3. The van der Waals surface area contributed by atoms with Gasteiger partial charge >= 0.3 is 6.18 Å². The second-order valence-corrected chi connectivity index (χ2v) is 5.45. The van der Waals surface area contributed by atoms with E-state index in [9.17, 15) is 13.2 Å². The first-order valence-electron chi connectivity index (χ1n) is 4.95. The lowest BCUT2D eigenvalue weighted by atomic mass is 9.88. The van der Waals surface area contributed by atoms with E-state index in [1.165, 1.54) is 6.07 Å². The maximum atomic E-state index is 12.4. The average molecular weight is 251 g/mol. The van der Waals surface area contributed by atoms with E-state index in [4.69, 9.17) is 11.6 Å². The van der Waals surface area contributed by atoms with Crippen LogP contribution in [0.4, 0.5) is 13.2 Å². The second-order valence-electron chi connectivity index (χ2n) is 5.04. The van der Waals surface area contributed by atoms with E-state index < -0.39 is 11.7 Å². The van der Waals surface area contributed by atoms with Crippen LogP contribution in [-0.4, -0.2) is 0 Å². The minimum absolute atomic E-state index is 0.00336. The van der Waals surface area contributed by atoms with Crippen molar-refractivity contribution in [2.75, 3.05) is 0 Å². The molecule has 0 spiro atoms. The number of benzene rings is 1. The first-order valence-corrected chi connectivity index (χ1v) is 5.33.